The van der Waals surface area contributed by atoms with Gasteiger partial charge in [0.15, 0.2) is 0 Å². The van der Waals surface area contributed by atoms with Gasteiger partial charge >= 0.3 is 0 Å². The number of carbonyl (C=O) groups is 1. The van der Waals surface area contributed by atoms with E-state index >= 15 is 0 Å². The van der Waals surface area contributed by atoms with Gasteiger partial charge in [0.1, 0.15) is 0 Å². The molecule has 37 heavy (non-hydrogen) atoms. The number of amides is 1. The normalized spacial score (nSPS) is 25.5. The molecule has 0 unspecified atom stereocenters. The van der Waals surface area contributed by atoms with Crippen LogP contribution in [0.2, 0.25) is 10.0 Å². The second kappa shape index (κ2) is 11.3. The molecular weight excluding hydrogens is 527 g/mol. The second-order valence-corrected chi connectivity index (χ2v) is 14.4. The number of piperidine rings is 1. The highest BCUT2D eigenvalue weighted by molar-refractivity contribution is 7.90. The van der Waals surface area contributed by atoms with E-state index in [9.17, 15) is 13.2 Å². The fourth-order valence-electron chi connectivity index (χ4n) is 5.87. The van der Waals surface area contributed by atoms with Crippen molar-refractivity contribution < 1.29 is 13.2 Å². The van der Waals surface area contributed by atoms with Crippen molar-refractivity contribution in [2.45, 2.75) is 83.1 Å². The van der Waals surface area contributed by atoms with Crippen LogP contribution in [0.25, 0.3) is 0 Å². The molecule has 0 radical (unpaired) electrons. The number of halogens is 2. The lowest BCUT2D eigenvalue weighted by molar-refractivity contribution is -0.155. The van der Waals surface area contributed by atoms with Crippen molar-refractivity contribution in [2.24, 2.45) is 11.3 Å². The third-order valence-electron chi connectivity index (χ3n) is 8.03. The zero-order chi connectivity index (χ0) is 27.0. The molecule has 5 nitrogen and oxygen atoms in total. The summed E-state index contributed by atoms with van der Waals surface area (Å²) < 4.78 is 28.3. The Balaban J connectivity index is 1.86. The van der Waals surface area contributed by atoms with Gasteiger partial charge in [0, 0.05) is 34.0 Å². The van der Waals surface area contributed by atoms with Gasteiger partial charge in [-0.3, -0.25) is 4.79 Å². The Bertz CT molecular complexity index is 1210. The van der Waals surface area contributed by atoms with Gasteiger partial charge in [0.2, 0.25) is 15.9 Å². The highest BCUT2D eigenvalue weighted by Crippen LogP contribution is 2.54. The van der Waals surface area contributed by atoms with E-state index in [1.165, 1.54) is 0 Å². The van der Waals surface area contributed by atoms with Crippen LogP contribution in [-0.4, -0.2) is 37.1 Å². The average Bonchev–Trinajstić information content (AvgIpc) is 3.68. The third kappa shape index (κ3) is 6.19. The maximum atomic E-state index is 14.5. The molecule has 2 aromatic rings. The van der Waals surface area contributed by atoms with Crippen molar-refractivity contribution in [1.82, 2.24) is 9.62 Å². The predicted molar refractivity (Wildman–Crippen MR) is 151 cm³/mol. The number of hydrogen-bond donors (Lipinski definition) is 1. The molecule has 2 aromatic carbocycles. The van der Waals surface area contributed by atoms with Crippen molar-refractivity contribution in [3.8, 4) is 0 Å². The summed E-state index contributed by atoms with van der Waals surface area (Å²) >= 11 is 12.7. The molecule has 0 spiro atoms. The fraction of sp³-hybridized carbons (Fsp3) is 0.552. The zero-order valence-electron chi connectivity index (χ0n) is 22.1. The summed E-state index contributed by atoms with van der Waals surface area (Å²) in [6.45, 7) is 7.74. The quantitative estimate of drug-likeness (QED) is 0.339. The molecule has 2 fully saturated rings. The molecule has 1 aliphatic carbocycles. The Kier molecular flexibility index (Phi) is 8.64. The van der Waals surface area contributed by atoms with E-state index in [1.54, 1.807) is 13.8 Å². The molecule has 0 aromatic heterocycles. The number of carbonyl (C=O) groups excluding carboxylic acids is 1. The summed E-state index contributed by atoms with van der Waals surface area (Å²) in [5, 5.41) is 0.758. The first-order valence-corrected chi connectivity index (χ1v) is 15.6. The van der Waals surface area contributed by atoms with Gasteiger partial charge in [-0.05, 0) is 80.8 Å². The number of nitrogens with zero attached hydrogens (tertiary/aromatic N) is 1. The van der Waals surface area contributed by atoms with E-state index in [0.29, 0.717) is 16.5 Å². The maximum Gasteiger partial charge on any atom is 0.229 e. The van der Waals surface area contributed by atoms with Crippen LogP contribution in [0.15, 0.2) is 48.5 Å². The van der Waals surface area contributed by atoms with Crippen LogP contribution in [0.1, 0.15) is 82.9 Å². The Morgan fingerprint density at radius 1 is 1.05 bits per heavy atom. The number of benzene rings is 2. The monoisotopic (exact) mass is 564 g/mol. The van der Waals surface area contributed by atoms with Crippen molar-refractivity contribution >= 4 is 39.1 Å². The Hall–Kier alpha value is -1.60. The van der Waals surface area contributed by atoms with Crippen LogP contribution in [0, 0.1) is 11.3 Å². The predicted octanol–water partition coefficient (Wildman–Crippen LogP) is 6.96. The van der Waals surface area contributed by atoms with Gasteiger partial charge in [-0.15, -0.1) is 0 Å². The highest BCUT2D eigenvalue weighted by atomic mass is 35.5. The SMILES string of the molecule is CCC[C@@]1(C)C[C@H](c2cccc(Cl)c2)[C@@H](c2ccc(Cl)cc2)N([C@H](CNS(=O)(=O)C(C)C)C2CC2)C1=O. The first-order chi connectivity index (χ1) is 17.5. The van der Waals surface area contributed by atoms with Crippen LogP contribution in [0.4, 0.5) is 0 Å². The lowest BCUT2D eigenvalue weighted by atomic mass is 9.66. The smallest absolute Gasteiger partial charge is 0.229 e. The minimum Gasteiger partial charge on any atom is -0.330 e. The molecule has 2 aliphatic rings. The summed E-state index contributed by atoms with van der Waals surface area (Å²) in [6, 6.07) is 15.1. The third-order valence-corrected chi connectivity index (χ3v) is 10.3. The summed E-state index contributed by atoms with van der Waals surface area (Å²) in [7, 11) is -3.48. The van der Waals surface area contributed by atoms with E-state index in [4.69, 9.17) is 23.2 Å². The molecule has 1 saturated heterocycles. The highest BCUT2D eigenvalue weighted by Gasteiger charge is 2.53. The summed E-state index contributed by atoms with van der Waals surface area (Å²) in [4.78, 5) is 16.5. The van der Waals surface area contributed by atoms with Gasteiger partial charge in [-0.25, -0.2) is 13.1 Å². The average molecular weight is 566 g/mol. The minimum absolute atomic E-state index is 0.00270. The second-order valence-electron chi connectivity index (χ2n) is 11.2. The molecule has 1 amide bonds. The largest absolute Gasteiger partial charge is 0.330 e. The van der Waals surface area contributed by atoms with E-state index in [1.807, 2.05) is 47.4 Å². The Morgan fingerprint density at radius 3 is 2.30 bits per heavy atom. The van der Waals surface area contributed by atoms with Crippen LogP contribution >= 0.6 is 23.2 Å². The van der Waals surface area contributed by atoms with E-state index in [0.717, 1.165) is 36.8 Å². The van der Waals surface area contributed by atoms with Crippen molar-refractivity contribution in [3.05, 3.63) is 69.7 Å². The van der Waals surface area contributed by atoms with Gasteiger partial charge in [0.05, 0.1) is 11.3 Å². The zero-order valence-corrected chi connectivity index (χ0v) is 24.4. The van der Waals surface area contributed by atoms with Gasteiger partial charge in [-0.1, -0.05) is 67.7 Å². The van der Waals surface area contributed by atoms with Gasteiger partial charge in [-0.2, -0.15) is 0 Å². The first kappa shape index (κ1) is 28.4. The molecule has 0 bridgehead atoms. The molecule has 4 atom stereocenters. The lowest BCUT2D eigenvalue weighted by Gasteiger charge is -2.52. The van der Waals surface area contributed by atoms with Crippen LogP contribution in [-0.2, 0) is 14.8 Å². The van der Waals surface area contributed by atoms with Crippen molar-refractivity contribution in [2.75, 3.05) is 6.54 Å². The number of hydrogen-bond acceptors (Lipinski definition) is 3. The number of rotatable bonds is 10. The summed E-state index contributed by atoms with van der Waals surface area (Å²) in [6.07, 6.45) is 4.31. The summed E-state index contributed by atoms with van der Waals surface area (Å²) in [5.41, 5.74) is 1.53. The van der Waals surface area contributed by atoms with E-state index in [2.05, 4.69) is 24.6 Å². The first-order valence-electron chi connectivity index (χ1n) is 13.3. The topological polar surface area (TPSA) is 66.5 Å². The fourth-order valence-corrected chi connectivity index (χ4v) is 6.93. The van der Waals surface area contributed by atoms with Crippen molar-refractivity contribution in [3.63, 3.8) is 0 Å². The molecule has 4 rings (SSSR count). The molecule has 1 heterocycles. The minimum atomic E-state index is -3.48. The van der Waals surface area contributed by atoms with Crippen LogP contribution in [0.3, 0.4) is 0 Å². The number of likely N-dealkylation sites (tertiary alicyclic amines) is 1. The Labute approximate surface area is 232 Å². The van der Waals surface area contributed by atoms with Gasteiger partial charge < -0.3 is 4.90 Å². The van der Waals surface area contributed by atoms with Crippen LogP contribution < -0.4 is 4.72 Å². The Morgan fingerprint density at radius 2 is 1.73 bits per heavy atom. The lowest BCUT2D eigenvalue weighted by Crippen LogP contribution is -2.58. The molecule has 1 aliphatic heterocycles. The molecule has 202 valence electrons. The summed E-state index contributed by atoms with van der Waals surface area (Å²) in [5.74, 6) is 0.364. The molecule has 1 saturated carbocycles. The molecule has 8 heteroatoms. The van der Waals surface area contributed by atoms with E-state index in [-0.39, 0.29) is 36.4 Å². The molecular formula is C29H38Cl2N2O3S. The number of nitrogens with one attached hydrogen (secondary N) is 1. The maximum absolute atomic E-state index is 14.5. The van der Waals surface area contributed by atoms with Gasteiger partial charge in [0.25, 0.3) is 0 Å². The standard InChI is InChI=1S/C29H38Cl2N2O3S/c1-5-15-29(4)17-25(22-7-6-8-24(31)16-22)27(21-11-13-23(30)14-12-21)33(28(29)34)26(20-9-10-20)18-32-37(35,36)19(2)3/h6-8,11-14,16,19-20,25-27,32H,5,9-10,15,17-18H2,1-4H3/t25-,26-,27-,29+/m1/s1. The van der Waals surface area contributed by atoms with Crippen molar-refractivity contribution in [1.29, 1.82) is 0 Å². The molecule has 1 N–H and O–H groups in total. The van der Waals surface area contributed by atoms with E-state index < -0.39 is 20.7 Å². The number of sulfonamides is 1. The van der Waals surface area contributed by atoms with Crippen LogP contribution in [0.5, 0.6) is 0 Å².